The van der Waals surface area contributed by atoms with Gasteiger partial charge in [-0.2, -0.15) is 0 Å². The number of Topliss-reactive ketones (excluding diaryl/α,β-unsaturated/α-hetero) is 2. The standard InChI is InChI=1S/C15H29N3O2/c1-12(19)14(16-3)8-5-6-10-18-11-7-9-15(17-4)13(2)20/h11,14-17H,5-10H2,1-4H3. The Kier molecular flexibility index (Phi) is 11.1. The summed E-state index contributed by atoms with van der Waals surface area (Å²) in [6, 6.07) is -0.0839. The Bertz CT molecular complexity index is 316. The molecule has 0 aliphatic rings. The van der Waals surface area contributed by atoms with Gasteiger partial charge in [0.1, 0.15) is 11.6 Å². The molecule has 0 heterocycles. The first kappa shape index (κ1) is 18.9. The van der Waals surface area contributed by atoms with E-state index >= 15 is 0 Å². The summed E-state index contributed by atoms with van der Waals surface area (Å²) in [7, 11) is 3.62. The summed E-state index contributed by atoms with van der Waals surface area (Å²) in [5.41, 5.74) is 0. The minimum Gasteiger partial charge on any atom is -0.311 e. The summed E-state index contributed by atoms with van der Waals surface area (Å²) in [5, 5.41) is 6.01. The van der Waals surface area contributed by atoms with Crippen LogP contribution in [0.2, 0.25) is 0 Å². The molecule has 0 aliphatic carbocycles. The second kappa shape index (κ2) is 11.7. The molecule has 0 aromatic carbocycles. The first-order chi connectivity index (χ1) is 9.52. The Morgan fingerprint density at radius 3 is 2.05 bits per heavy atom. The quantitative estimate of drug-likeness (QED) is 0.419. The summed E-state index contributed by atoms with van der Waals surface area (Å²) in [6.45, 7) is 4.01. The molecule has 0 saturated heterocycles. The Morgan fingerprint density at radius 1 is 1.00 bits per heavy atom. The van der Waals surface area contributed by atoms with Crippen LogP contribution < -0.4 is 10.6 Å². The van der Waals surface area contributed by atoms with Crippen LogP contribution in [0.15, 0.2) is 4.99 Å². The lowest BCUT2D eigenvalue weighted by Gasteiger charge is -2.11. The Balaban J connectivity index is 3.62. The van der Waals surface area contributed by atoms with Crippen molar-refractivity contribution in [2.45, 2.75) is 58.0 Å². The second-order valence-electron chi connectivity index (χ2n) is 5.07. The number of hydrogen-bond donors (Lipinski definition) is 2. The highest BCUT2D eigenvalue weighted by atomic mass is 16.1. The van der Waals surface area contributed by atoms with Crippen molar-refractivity contribution in [3.63, 3.8) is 0 Å². The zero-order valence-corrected chi connectivity index (χ0v) is 13.2. The average Bonchev–Trinajstić information content (AvgIpc) is 2.40. The van der Waals surface area contributed by atoms with Crippen LogP contribution >= 0.6 is 0 Å². The molecule has 0 radical (unpaired) electrons. The van der Waals surface area contributed by atoms with E-state index in [4.69, 9.17) is 0 Å². The fourth-order valence-corrected chi connectivity index (χ4v) is 2.08. The van der Waals surface area contributed by atoms with Gasteiger partial charge in [-0.05, 0) is 66.3 Å². The Hall–Kier alpha value is -1.07. The monoisotopic (exact) mass is 283 g/mol. The van der Waals surface area contributed by atoms with Crippen molar-refractivity contribution in [2.75, 3.05) is 20.6 Å². The number of rotatable bonds is 12. The van der Waals surface area contributed by atoms with Crippen molar-refractivity contribution in [3.8, 4) is 0 Å². The summed E-state index contributed by atoms with van der Waals surface area (Å²) >= 11 is 0. The zero-order chi connectivity index (χ0) is 15.4. The van der Waals surface area contributed by atoms with E-state index in [0.29, 0.717) is 0 Å². The number of aliphatic imine (C=N–C) groups is 1. The van der Waals surface area contributed by atoms with Gasteiger partial charge in [0, 0.05) is 6.54 Å². The molecule has 0 aromatic heterocycles. The van der Waals surface area contributed by atoms with Crippen LogP contribution in [0.4, 0.5) is 0 Å². The summed E-state index contributed by atoms with van der Waals surface area (Å²) in [5.74, 6) is 0.363. The van der Waals surface area contributed by atoms with Crippen LogP contribution in [0.5, 0.6) is 0 Å². The maximum Gasteiger partial charge on any atom is 0.146 e. The van der Waals surface area contributed by atoms with Gasteiger partial charge in [0.25, 0.3) is 0 Å². The average molecular weight is 283 g/mol. The smallest absolute Gasteiger partial charge is 0.146 e. The molecule has 5 nitrogen and oxygen atoms in total. The van der Waals surface area contributed by atoms with E-state index in [1.54, 1.807) is 20.9 Å². The molecule has 0 amide bonds. The van der Waals surface area contributed by atoms with Gasteiger partial charge in [0.05, 0.1) is 12.1 Å². The highest BCUT2D eigenvalue weighted by Crippen LogP contribution is 2.02. The van der Waals surface area contributed by atoms with Crippen molar-refractivity contribution >= 4 is 17.8 Å². The van der Waals surface area contributed by atoms with Gasteiger partial charge in [0.2, 0.25) is 0 Å². The molecule has 116 valence electrons. The van der Waals surface area contributed by atoms with E-state index in [2.05, 4.69) is 15.6 Å². The molecular formula is C15H29N3O2. The van der Waals surface area contributed by atoms with Crippen molar-refractivity contribution in [1.82, 2.24) is 10.6 Å². The summed E-state index contributed by atoms with van der Waals surface area (Å²) in [6.07, 6.45) is 6.36. The molecule has 0 rings (SSSR count). The van der Waals surface area contributed by atoms with Crippen molar-refractivity contribution in [1.29, 1.82) is 0 Å². The first-order valence-electron chi connectivity index (χ1n) is 7.36. The van der Waals surface area contributed by atoms with E-state index in [1.165, 1.54) is 0 Å². The third kappa shape index (κ3) is 8.93. The molecule has 0 fully saturated rings. The molecular weight excluding hydrogens is 254 g/mol. The van der Waals surface area contributed by atoms with E-state index in [0.717, 1.165) is 38.6 Å². The molecule has 0 bridgehead atoms. The van der Waals surface area contributed by atoms with Crippen LogP contribution in [-0.2, 0) is 9.59 Å². The van der Waals surface area contributed by atoms with Crippen LogP contribution in [0.1, 0.15) is 46.0 Å². The summed E-state index contributed by atoms with van der Waals surface area (Å²) < 4.78 is 0. The molecule has 0 aliphatic heterocycles. The van der Waals surface area contributed by atoms with Crippen LogP contribution in [-0.4, -0.2) is 50.5 Å². The number of hydrogen-bond acceptors (Lipinski definition) is 5. The van der Waals surface area contributed by atoms with Gasteiger partial charge in [-0.25, -0.2) is 0 Å². The third-order valence-corrected chi connectivity index (χ3v) is 3.42. The predicted molar refractivity (Wildman–Crippen MR) is 83.5 cm³/mol. The number of nitrogens with zero attached hydrogens (tertiary/aromatic N) is 1. The highest BCUT2D eigenvalue weighted by molar-refractivity contribution is 5.81. The maximum absolute atomic E-state index is 11.2. The van der Waals surface area contributed by atoms with Gasteiger partial charge in [0.15, 0.2) is 0 Å². The van der Waals surface area contributed by atoms with Crippen molar-refractivity contribution in [2.24, 2.45) is 4.99 Å². The number of nitrogens with one attached hydrogen (secondary N) is 2. The van der Waals surface area contributed by atoms with E-state index < -0.39 is 0 Å². The zero-order valence-electron chi connectivity index (χ0n) is 13.2. The fourth-order valence-electron chi connectivity index (χ4n) is 2.08. The summed E-state index contributed by atoms with van der Waals surface area (Å²) in [4.78, 5) is 26.7. The molecule has 0 spiro atoms. The highest BCUT2D eigenvalue weighted by Gasteiger charge is 2.10. The second-order valence-corrected chi connectivity index (χ2v) is 5.07. The topological polar surface area (TPSA) is 70.6 Å². The number of unbranched alkanes of at least 4 members (excludes halogenated alkanes) is 1. The molecule has 2 N–H and O–H groups in total. The largest absolute Gasteiger partial charge is 0.311 e. The molecule has 0 saturated carbocycles. The number of carbonyl (C=O) groups excluding carboxylic acids is 2. The third-order valence-electron chi connectivity index (χ3n) is 3.42. The molecule has 0 aromatic rings. The lowest BCUT2D eigenvalue weighted by molar-refractivity contribution is -0.119. The molecule has 2 atom stereocenters. The first-order valence-corrected chi connectivity index (χ1v) is 7.36. The minimum atomic E-state index is -0.0617. The number of carbonyl (C=O) groups is 2. The number of likely N-dealkylation sites (N-methyl/N-ethyl adjacent to an activating group) is 2. The lowest BCUT2D eigenvalue weighted by atomic mass is 10.1. The molecule has 2 unspecified atom stereocenters. The van der Waals surface area contributed by atoms with Gasteiger partial charge < -0.3 is 10.6 Å². The van der Waals surface area contributed by atoms with Gasteiger partial charge in [-0.1, -0.05) is 0 Å². The van der Waals surface area contributed by atoms with Gasteiger partial charge in [-0.15, -0.1) is 0 Å². The minimum absolute atomic E-state index is 0.0223. The van der Waals surface area contributed by atoms with Crippen LogP contribution in [0, 0.1) is 0 Å². The maximum atomic E-state index is 11.2. The fraction of sp³-hybridized carbons (Fsp3) is 0.800. The SMILES string of the molecule is CNC(CCC=NCCCCC(NC)C(C)=O)C(C)=O. The van der Waals surface area contributed by atoms with Crippen LogP contribution in [0.3, 0.4) is 0 Å². The Morgan fingerprint density at radius 2 is 1.55 bits per heavy atom. The van der Waals surface area contributed by atoms with E-state index in [9.17, 15) is 9.59 Å². The normalized spacial score (nSPS) is 14.4. The van der Waals surface area contributed by atoms with Gasteiger partial charge >= 0.3 is 0 Å². The lowest BCUT2D eigenvalue weighted by Crippen LogP contribution is -2.32. The van der Waals surface area contributed by atoms with E-state index in [-0.39, 0.29) is 23.7 Å². The van der Waals surface area contributed by atoms with Gasteiger partial charge in [-0.3, -0.25) is 14.6 Å². The van der Waals surface area contributed by atoms with E-state index in [1.807, 2.05) is 13.3 Å². The molecule has 20 heavy (non-hydrogen) atoms. The predicted octanol–water partition coefficient (Wildman–Crippen LogP) is 1.36. The Labute approximate surface area is 122 Å². The van der Waals surface area contributed by atoms with Crippen molar-refractivity contribution < 1.29 is 9.59 Å². The van der Waals surface area contributed by atoms with Crippen molar-refractivity contribution in [3.05, 3.63) is 0 Å². The number of ketones is 2. The molecule has 5 heteroatoms. The van der Waals surface area contributed by atoms with Crippen LogP contribution in [0.25, 0.3) is 0 Å².